The Labute approximate surface area is 127 Å². The third kappa shape index (κ3) is 3.06. The van der Waals surface area contributed by atoms with Crippen LogP contribution in [0.2, 0.25) is 0 Å². The molecule has 0 unspecified atom stereocenters. The number of benzene rings is 2. The molecule has 21 heavy (non-hydrogen) atoms. The summed E-state index contributed by atoms with van der Waals surface area (Å²) in [5.74, 6) is 1.55. The van der Waals surface area contributed by atoms with E-state index in [1.54, 1.807) is 25.2 Å². The predicted octanol–water partition coefficient (Wildman–Crippen LogP) is 4.62. The molecule has 0 spiro atoms. The van der Waals surface area contributed by atoms with Gasteiger partial charge in [0, 0.05) is 6.07 Å². The zero-order chi connectivity index (χ0) is 15.0. The fraction of sp³-hybridized carbons (Fsp3) is 0.235. The van der Waals surface area contributed by atoms with E-state index in [9.17, 15) is 5.11 Å². The lowest BCUT2D eigenvalue weighted by atomic mass is 9.99. The third-order valence-electron chi connectivity index (χ3n) is 3.26. The molecule has 0 saturated heterocycles. The van der Waals surface area contributed by atoms with Crippen molar-refractivity contribution in [1.82, 2.24) is 4.98 Å². The van der Waals surface area contributed by atoms with Gasteiger partial charge in [0.1, 0.15) is 11.5 Å². The Morgan fingerprint density at radius 1 is 1.05 bits per heavy atom. The molecule has 0 amide bonds. The smallest absolute Gasteiger partial charge is 0.128 e. The van der Waals surface area contributed by atoms with Crippen molar-refractivity contribution in [3.63, 3.8) is 0 Å². The van der Waals surface area contributed by atoms with Crippen molar-refractivity contribution in [2.45, 2.75) is 26.4 Å². The van der Waals surface area contributed by atoms with E-state index < -0.39 is 5.60 Å². The molecule has 0 bridgehead atoms. The van der Waals surface area contributed by atoms with Gasteiger partial charge in [0.15, 0.2) is 0 Å². The molecule has 0 radical (unpaired) electrons. The summed E-state index contributed by atoms with van der Waals surface area (Å²) in [7, 11) is 0. The molecule has 4 heteroatoms. The Bertz CT molecular complexity index is 770. The number of aryl methyl sites for hydroxylation is 1. The van der Waals surface area contributed by atoms with Crippen LogP contribution in [-0.4, -0.2) is 10.1 Å². The van der Waals surface area contributed by atoms with Gasteiger partial charge in [-0.1, -0.05) is 12.1 Å². The maximum Gasteiger partial charge on any atom is 0.128 e. The molecule has 0 aliphatic carbocycles. The van der Waals surface area contributed by atoms with Crippen molar-refractivity contribution in [2.75, 3.05) is 0 Å². The summed E-state index contributed by atoms with van der Waals surface area (Å²) >= 11 is 1.66. The second-order valence-corrected chi connectivity index (χ2v) is 6.78. The Hall–Kier alpha value is -1.91. The normalized spacial score (nSPS) is 11.8. The first-order chi connectivity index (χ1) is 9.91. The summed E-state index contributed by atoms with van der Waals surface area (Å²) in [6.07, 6.45) is 0. The number of rotatable bonds is 3. The molecular weight excluding hydrogens is 282 g/mol. The SMILES string of the molecule is Cc1nc2ccc(Oc3ccc(C(C)(C)O)cc3)cc2s1. The van der Waals surface area contributed by atoms with E-state index in [2.05, 4.69) is 4.98 Å². The minimum atomic E-state index is -0.836. The van der Waals surface area contributed by atoms with Crippen LogP contribution >= 0.6 is 11.3 Å². The molecule has 3 nitrogen and oxygen atoms in total. The van der Waals surface area contributed by atoms with Crippen molar-refractivity contribution in [1.29, 1.82) is 0 Å². The number of thiazole rings is 1. The number of aliphatic hydroxyl groups is 1. The van der Waals surface area contributed by atoms with Gasteiger partial charge in [-0.15, -0.1) is 11.3 Å². The molecule has 1 aromatic heterocycles. The highest BCUT2D eigenvalue weighted by atomic mass is 32.1. The van der Waals surface area contributed by atoms with Crippen molar-refractivity contribution < 1.29 is 9.84 Å². The van der Waals surface area contributed by atoms with Crippen LogP contribution < -0.4 is 4.74 Å². The lowest BCUT2D eigenvalue weighted by molar-refractivity contribution is 0.0786. The van der Waals surface area contributed by atoms with E-state index in [1.807, 2.05) is 49.4 Å². The van der Waals surface area contributed by atoms with Crippen LogP contribution in [0.3, 0.4) is 0 Å². The molecular formula is C17H17NO2S. The zero-order valence-corrected chi connectivity index (χ0v) is 13.1. The van der Waals surface area contributed by atoms with E-state index in [4.69, 9.17) is 4.74 Å². The van der Waals surface area contributed by atoms with Gasteiger partial charge >= 0.3 is 0 Å². The van der Waals surface area contributed by atoms with Crippen LogP contribution in [-0.2, 0) is 5.60 Å². The second kappa shape index (κ2) is 5.13. The Morgan fingerprint density at radius 2 is 1.71 bits per heavy atom. The van der Waals surface area contributed by atoms with Gasteiger partial charge in [0.05, 0.1) is 20.8 Å². The number of hydrogen-bond donors (Lipinski definition) is 1. The van der Waals surface area contributed by atoms with Gasteiger partial charge in [-0.25, -0.2) is 4.98 Å². The average molecular weight is 299 g/mol. The molecule has 1 N–H and O–H groups in total. The largest absolute Gasteiger partial charge is 0.457 e. The van der Waals surface area contributed by atoms with Crippen molar-refractivity contribution in [3.8, 4) is 11.5 Å². The Kier molecular flexibility index (Phi) is 3.43. The molecule has 0 aliphatic heterocycles. The van der Waals surface area contributed by atoms with Gasteiger partial charge in [0.2, 0.25) is 0 Å². The van der Waals surface area contributed by atoms with E-state index in [0.29, 0.717) is 0 Å². The highest BCUT2D eigenvalue weighted by Crippen LogP contribution is 2.30. The number of hydrogen-bond acceptors (Lipinski definition) is 4. The molecule has 0 aliphatic rings. The molecule has 3 rings (SSSR count). The predicted molar refractivity (Wildman–Crippen MR) is 86.1 cm³/mol. The summed E-state index contributed by atoms with van der Waals surface area (Å²) in [6, 6.07) is 13.4. The van der Waals surface area contributed by atoms with Crippen LogP contribution in [0.5, 0.6) is 11.5 Å². The minimum Gasteiger partial charge on any atom is -0.457 e. The highest BCUT2D eigenvalue weighted by molar-refractivity contribution is 7.18. The Balaban J connectivity index is 1.84. The lowest BCUT2D eigenvalue weighted by Gasteiger charge is -2.17. The fourth-order valence-electron chi connectivity index (χ4n) is 2.15. The molecule has 0 atom stereocenters. The van der Waals surface area contributed by atoms with Gasteiger partial charge in [-0.3, -0.25) is 0 Å². The van der Waals surface area contributed by atoms with Gasteiger partial charge in [0.25, 0.3) is 0 Å². The second-order valence-electron chi connectivity index (χ2n) is 5.55. The number of aromatic nitrogens is 1. The zero-order valence-electron chi connectivity index (χ0n) is 12.3. The topological polar surface area (TPSA) is 42.4 Å². The van der Waals surface area contributed by atoms with Crippen molar-refractivity contribution in [3.05, 3.63) is 53.0 Å². The first kappa shape index (κ1) is 14.0. The summed E-state index contributed by atoms with van der Waals surface area (Å²) < 4.78 is 6.98. The summed E-state index contributed by atoms with van der Waals surface area (Å²) in [6.45, 7) is 5.53. The average Bonchev–Trinajstić information content (AvgIpc) is 2.78. The van der Waals surface area contributed by atoms with Crippen LogP contribution in [0.25, 0.3) is 10.2 Å². The van der Waals surface area contributed by atoms with Crippen LogP contribution in [0.4, 0.5) is 0 Å². The van der Waals surface area contributed by atoms with E-state index in [-0.39, 0.29) is 0 Å². The first-order valence-electron chi connectivity index (χ1n) is 6.80. The standard InChI is InChI=1S/C17H17NO2S/c1-11-18-15-9-8-14(10-16(15)21-11)20-13-6-4-12(5-7-13)17(2,3)19/h4-10,19H,1-3H3. The lowest BCUT2D eigenvalue weighted by Crippen LogP contribution is -2.14. The van der Waals surface area contributed by atoms with E-state index in [1.165, 1.54) is 0 Å². The van der Waals surface area contributed by atoms with Gasteiger partial charge < -0.3 is 9.84 Å². The van der Waals surface area contributed by atoms with Gasteiger partial charge in [-0.05, 0) is 50.6 Å². The van der Waals surface area contributed by atoms with E-state index >= 15 is 0 Å². The first-order valence-corrected chi connectivity index (χ1v) is 7.61. The molecule has 0 saturated carbocycles. The number of nitrogens with zero attached hydrogens (tertiary/aromatic N) is 1. The minimum absolute atomic E-state index is 0.753. The maximum atomic E-state index is 9.94. The monoisotopic (exact) mass is 299 g/mol. The molecule has 0 fully saturated rings. The number of ether oxygens (including phenoxy) is 1. The fourth-order valence-corrected chi connectivity index (χ4v) is 3.01. The summed E-state index contributed by atoms with van der Waals surface area (Å²) in [4.78, 5) is 4.44. The van der Waals surface area contributed by atoms with Crippen LogP contribution in [0, 0.1) is 6.92 Å². The summed E-state index contributed by atoms with van der Waals surface area (Å²) in [5.41, 5.74) is 1.03. The molecule has 3 aromatic rings. The van der Waals surface area contributed by atoms with Crippen molar-refractivity contribution >= 4 is 21.6 Å². The van der Waals surface area contributed by atoms with Gasteiger partial charge in [-0.2, -0.15) is 0 Å². The Morgan fingerprint density at radius 3 is 2.38 bits per heavy atom. The number of fused-ring (bicyclic) bond motifs is 1. The summed E-state index contributed by atoms with van der Waals surface area (Å²) in [5, 5.41) is 11.0. The molecule has 1 heterocycles. The van der Waals surface area contributed by atoms with Crippen LogP contribution in [0.15, 0.2) is 42.5 Å². The molecule has 108 valence electrons. The quantitative estimate of drug-likeness (QED) is 0.767. The van der Waals surface area contributed by atoms with E-state index in [0.717, 1.165) is 32.3 Å². The van der Waals surface area contributed by atoms with Crippen molar-refractivity contribution in [2.24, 2.45) is 0 Å². The highest BCUT2D eigenvalue weighted by Gasteiger charge is 2.15. The van der Waals surface area contributed by atoms with Crippen LogP contribution in [0.1, 0.15) is 24.4 Å². The molecule has 2 aromatic carbocycles. The third-order valence-corrected chi connectivity index (χ3v) is 4.20. The maximum absolute atomic E-state index is 9.94.